The van der Waals surface area contributed by atoms with E-state index in [2.05, 4.69) is 29.7 Å². The molecule has 144 valence electrons. The van der Waals surface area contributed by atoms with Crippen LogP contribution >= 0.6 is 0 Å². The zero-order chi connectivity index (χ0) is 18.4. The number of carbonyl (C=O) groups is 1. The quantitative estimate of drug-likeness (QED) is 0.772. The van der Waals surface area contributed by atoms with Gasteiger partial charge in [0.2, 0.25) is 0 Å². The summed E-state index contributed by atoms with van der Waals surface area (Å²) in [6.07, 6.45) is 8.65. The van der Waals surface area contributed by atoms with Crippen molar-refractivity contribution in [3.8, 4) is 5.75 Å². The van der Waals surface area contributed by atoms with E-state index in [0.717, 1.165) is 38.1 Å². The van der Waals surface area contributed by atoms with Crippen LogP contribution in [-0.4, -0.2) is 54.5 Å². The Balaban J connectivity index is 1.50. The second-order valence-corrected chi connectivity index (χ2v) is 7.96. The number of likely N-dealkylation sites (tertiary alicyclic amines) is 2. The lowest BCUT2D eigenvalue weighted by atomic mass is 9.98. The topological polar surface area (TPSA) is 32.8 Å². The zero-order valence-corrected chi connectivity index (χ0v) is 16.5. The van der Waals surface area contributed by atoms with Crippen molar-refractivity contribution in [3.05, 3.63) is 29.3 Å². The molecule has 26 heavy (non-hydrogen) atoms. The van der Waals surface area contributed by atoms with Gasteiger partial charge in [-0.3, -0.25) is 4.79 Å². The van der Waals surface area contributed by atoms with Crippen LogP contribution in [-0.2, 0) is 4.79 Å². The molecule has 2 saturated heterocycles. The van der Waals surface area contributed by atoms with Crippen LogP contribution in [0.2, 0.25) is 0 Å². The smallest absolute Gasteiger partial charge is 0.260 e. The van der Waals surface area contributed by atoms with Crippen molar-refractivity contribution in [1.82, 2.24) is 9.80 Å². The van der Waals surface area contributed by atoms with Gasteiger partial charge in [-0.05, 0) is 88.7 Å². The van der Waals surface area contributed by atoms with Crippen molar-refractivity contribution in [3.63, 3.8) is 0 Å². The zero-order valence-electron chi connectivity index (χ0n) is 16.5. The number of piperidine rings is 2. The van der Waals surface area contributed by atoms with Gasteiger partial charge in [0.15, 0.2) is 6.61 Å². The summed E-state index contributed by atoms with van der Waals surface area (Å²) in [5, 5.41) is 0. The van der Waals surface area contributed by atoms with E-state index >= 15 is 0 Å². The van der Waals surface area contributed by atoms with Crippen molar-refractivity contribution in [1.29, 1.82) is 0 Å². The van der Waals surface area contributed by atoms with Gasteiger partial charge in [0.1, 0.15) is 5.75 Å². The van der Waals surface area contributed by atoms with Crippen LogP contribution in [0.25, 0.3) is 0 Å². The van der Waals surface area contributed by atoms with Crippen molar-refractivity contribution in [2.45, 2.75) is 64.8 Å². The van der Waals surface area contributed by atoms with Crippen LogP contribution in [0.15, 0.2) is 18.2 Å². The first-order chi connectivity index (χ1) is 12.6. The fourth-order valence-corrected chi connectivity index (χ4v) is 4.18. The molecule has 0 N–H and O–H groups in total. The van der Waals surface area contributed by atoms with E-state index in [1.165, 1.54) is 49.9 Å². The molecule has 0 radical (unpaired) electrons. The first-order valence-corrected chi connectivity index (χ1v) is 10.4. The Hall–Kier alpha value is -1.55. The molecule has 1 aromatic rings. The molecule has 2 heterocycles. The highest BCUT2D eigenvalue weighted by molar-refractivity contribution is 5.78. The molecule has 0 saturated carbocycles. The number of rotatable bonds is 6. The number of hydrogen-bond acceptors (Lipinski definition) is 3. The summed E-state index contributed by atoms with van der Waals surface area (Å²) in [6, 6.07) is 6.42. The van der Waals surface area contributed by atoms with Crippen LogP contribution in [0.3, 0.4) is 0 Å². The lowest BCUT2D eigenvalue weighted by Crippen LogP contribution is -2.47. The molecule has 1 unspecified atom stereocenters. The Kier molecular flexibility index (Phi) is 6.95. The van der Waals surface area contributed by atoms with Gasteiger partial charge in [0.25, 0.3) is 5.91 Å². The molecule has 0 aromatic heterocycles. The summed E-state index contributed by atoms with van der Waals surface area (Å²) in [4.78, 5) is 17.4. The van der Waals surface area contributed by atoms with Crippen molar-refractivity contribution >= 4 is 5.91 Å². The highest BCUT2D eigenvalue weighted by atomic mass is 16.5. The molecule has 0 aliphatic carbocycles. The number of benzene rings is 1. The summed E-state index contributed by atoms with van der Waals surface area (Å²) in [5.74, 6) is 0.940. The lowest BCUT2D eigenvalue weighted by molar-refractivity contribution is -0.137. The van der Waals surface area contributed by atoms with E-state index in [1.54, 1.807) is 0 Å². The Morgan fingerprint density at radius 2 is 1.81 bits per heavy atom. The van der Waals surface area contributed by atoms with Gasteiger partial charge < -0.3 is 14.5 Å². The fraction of sp³-hybridized carbons (Fsp3) is 0.682. The molecular formula is C22H34N2O2. The van der Waals surface area contributed by atoms with Crippen LogP contribution in [0.4, 0.5) is 0 Å². The third-order valence-corrected chi connectivity index (χ3v) is 6.02. The minimum atomic E-state index is 0.145. The Labute approximate surface area is 158 Å². The van der Waals surface area contributed by atoms with Gasteiger partial charge in [0.05, 0.1) is 0 Å². The van der Waals surface area contributed by atoms with Gasteiger partial charge in [0, 0.05) is 19.1 Å². The monoisotopic (exact) mass is 358 g/mol. The van der Waals surface area contributed by atoms with E-state index in [9.17, 15) is 4.79 Å². The van der Waals surface area contributed by atoms with Crippen LogP contribution < -0.4 is 4.74 Å². The molecule has 2 fully saturated rings. The summed E-state index contributed by atoms with van der Waals surface area (Å²) >= 11 is 0. The SMILES string of the molecule is Cc1ccc(OCC(=O)N2CCCCC2CCN2CCCCC2)cc1C. The Morgan fingerprint density at radius 1 is 1.04 bits per heavy atom. The van der Waals surface area contributed by atoms with Crippen LogP contribution in [0, 0.1) is 13.8 Å². The minimum Gasteiger partial charge on any atom is -0.484 e. The highest BCUT2D eigenvalue weighted by Crippen LogP contribution is 2.22. The molecule has 4 heteroatoms. The third kappa shape index (κ3) is 5.23. The van der Waals surface area contributed by atoms with E-state index in [-0.39, 0.29) is 12.5 Å². The van der Waals surface area contributed by atoms with Gasteiger partial charge in [-0.1, -0.05) is 12.5 Å². The summed E-state index contributed by atoms with van der Waals surface area (Å²) in [7, 11) is 0. The maximum atomic E-state index is 12.8. The Morgan fingerprint density at radius 3 is 2.58 bits per heavy atom. The number of carbonyl (C=O) groups excluding carboxylic acids is 1. The van der Waals surface area contributed by atoms with E-state index in [0.29, 0.717) is 6.04 Å². The maximum Gasteiger partial charge on any atom is 0.260 e. The first-order valence-electron chi connectivity index (χ1n) is 10.4. The molecular weight excluding hydrogens is 324 g/mol. The predicted octanol–water partition coefficient (Wildman–Crippen LogP) is 3.94. The standard InChI is InChI=1S/C22H34N2O2/c1-18-9-10-21(16-19(18)2)26-17-22(25)24-14-7-4-8-20(24)11-15-23-12-5-3-6-13-23/h9-10,16,20H,3-8,11-15,17H2,1-2H3. The predicted molar refractivity (Wildman–Crippen MR) is 106 cm³/mol. The van der Waals surface area contributed by atoms with Crippen molar-refractivity contribution < 1.29 is 9.53 Å². The highest BCUT2D eigenvalue weighted by Gasteiger charge is 2.27. The molecule has 2 aliphatic heterocycles. The van der Waals surface area contributed by atoms with E-state index in [1.807, 2.05) is 12.1 Å². The average Bonchev–Trinajstić information content (AvgIpc) is 2.68. The third-order valence-electron chi connectivity index (χ3n) is 6.02. The van der Waals surface area contributed by atoms with Crippen LogP contribution in [0.5, 0.6) is 5.75 Å². The summed E-state index contributed by atoms with van der Waals surface area (Å²) in [5.41, 5.74) is 2.45. The molecule has 3 rings (SSSR count). The maximum absolute atomic E-state index is 12.8. The molecule has 1 aromatic carbocycles. The molecule has 4 nitrogen and oxygen atoms in total. The molecule has 0 bridgehead atoms. The number of ether oxygens (including phenoxy) is 1. The van der Waals surface area contributed by atoms with Crippen LogP contribution in [0.1, 0.15) is 56.1 Å². The number of nitrogens with zero attached hydrogens (tertiary/aromatic N) is 2. The minimum absolute atomic E-state index is 0.145. The van der Waals surface area contributed by atoms with E-state index in [4.69, 9.17) is 4.74 Å². The number of hydrogen-bond donors (Lipinski definition) is 0. The largest absolute Gasteiger partial charge is 0.484 e. The lowest BCUT2D eigenvalue weighted by Gasteiger charge is -2.37. The number of aryl methyl sites for hydroxylation is 2. The molecule has 0 spiro atoms. The van der Waals surface area contributed by atoms with Gasteiger partial charge in [-0.2, -0.15) is 0 Å². The van der Waals surface area contributed by atoms with Crippen molar-refractivity contribution in [2.75, 3.05) is 32.8 Å². The second kappa shape index (κ2) is 9.40. The van der Waals surface area contributed by atoms with E-state index < -0.39 is 0 Å². The second-order valence-electron chi connectivity index (χ2n) is 7.96. The fourth-order valence-electron chi connectivity index (χ4n) is 4.18. The number of amides is 1. The summed E-state index contributed by atoms with van der Waals surface area (Å²) < 4.78 is 5.80. The molecule has 2 aliphatic rings. The Bertz CT molecular complexity index is 596. The average molecular weight is 359 g/mol. The van der Waals surface area contributed by atoms with Gasteiger partial charge in [-0.15, -0.1) is 0 Å². The van der Waals surface area contributed by atoms with Crippen molar-refractivity contribution in [2.24, 2.45) is 0 Å². The molecule has 1 amide bonds. The normalized spacial score (nSPS) is 21.6. The summed E-state index contributed by atoms with van der Waals surface area (Å²) in [6.45, 7) is 8.80. The molecule has 1 atom stereocenters. The van der Waals surface area contributed by atoms with Gasteiger partial charge >= 0.3 is 0 Å². The first kappa shape index (κ1) is 19.2. The van der Waals surface area contributed by atoms with Gasteiger partial charge in [-0.25, -0.2) is 0 Å².